The minimum Gasteiger partial charge on any atom is -0.337 e. The van der Waals surface area contributed by atoms with Crippen molar-refractivity contribution in [3.8, 4) is 0 Å². The second-order valence-electron chi connectivity index (χ2n) is 4.38. The molecule has 0 unspecified atom stereocenters. The summed E-state index contributed by atoms with van der Waals surface area (Å²) in [6.45, 7) is 0.489. The molecule has 0 atom stereocenters. The molecule has 2 aromatic rings. The third kappa shape index (κ3) is 3.54. The van der Waals surface area contributed by atoms with E-state index in [1.807, 2.05) is 24.3 Å². The van der Waals surface area contributed by atoms with E-state index >= 15 is 0 Å². The predicted molar refractivity (Wildman–Crippen MR) is 86.4 cm³/mol. The quantitative estimate of drug-likeness (QED) is 0.739. The summed E-state index contributed by atoms with van der Waals surface area (Å²) in [6.07, 6.45) is 0. The lowest BCUT2D eigenvalue weighted by atomic mass is 10.1. The van der Waals surface area contributed by atoms with Crippen molar-refractivity contribution in [3.63, 3.8) is 0 Å². The van der Waals surface area contributed by atoms with Crippen LogP contribution in [0.4, 0.5) is 0 Å². The Bertz CT molecular complexity index is 646. The number of halogens is 3. The van der Waals surface area contributed by atoms with E-state index in [9.17, 15) is 4.79 Å². The van der Waals surface area contributed by atoms with E-state index in [0.717, 1.165) is 10.0 Å². The Morgan fingerprint density at radius 2 is 1.90 bits per heavy atom. The zero-order chi connectivity index (χ0) is 14.7. The summed E-state index contributed by atoms with van der Waals surface area (Å²) < 4.78 is 0.969. The highest BCUT2D eigenvalue weighted by Crippen LogP contribution is 2.23. The first-order valence-electron chi connectivity index (χ1n) is 5.93. The third-order valence-electron chi connectivity index (χ3n) is 2.87. The number of amides is 1. The van der Waals surface area contributed by atoms with Crippen molar-refractivity contribution >= 4 is 45.0 Å². The number of hydrogen-bond donors (Lipinski definition) is 0. The highest BCUT2D eigenvalue weighted by Gasteiger charge is 2.16. The second kappa shape index (κ2) is 6.61. The zero-order valence-corrected chi connectivity index (χ0v) is 13.8. The predicted octanol–water partition coefficient (Wildman–Crippen LogP) is 5.03. The van der Waals surface area contributed by atoms with Gasteiger partial charge < -0.3 is 4.90 Å². The van der Waals surface area contributed by atoms with Gasteiger partial charge in [0.25, 0.3) is 5.91 Å². The molecular weight excluding hydrogens is 361 g/mol. The van der Waals surface area contributed by atoms with E-state index in [1.54, 1.807) is 30.1 Å². The maximum Gasteiger partial charge on any atom is 0.255 e. The van der Waals surface area contributed by atoms with Crippen LogP contribution < -0.4 is 0 Å². The van der Waals surface area contributed by atoms with E-state index in [0.29, 0.717) is 22.2 Å². The number of benzene rings is 2. The summed E-state index contributed by atoms with van der Waals surface area (Å²) >= 11 is 15.4. The van der Waals surface area contributed by atoms with Crippen molar-refractivity contribution in [1.29, 1.82) is 0 Å². The van der Waals surface area contributed by atoms with Gasteiger partial charge in [-0.1, -0.05) is 57.3 Å². The Labute approximate surface area is 136 Å². The molecule has 0 aromatic heterocycles. The molecular formula is C15H12BrCl2NO. The molecule has 0 aliphatic rings. The Hall–Kier alpha value is -1.03. The summed E-state index contributed by atoms with van der Waals surface area (Å²) in [6, 6.07) is 12.7. The van der Waals surface area contributed by atoms with E-state index in [4.69, 9.17) is 23.2 Å². The molecule has 0 spiro atoms. The molecule has 0 saturated heterocycles. The fraction of sp³-hybridized carbons (Fsp3) is 0.133. The Morgan fingerprint density at radius 1 is 1.20 bits per heavy atom. The Morgan fingerprint density at radius 3 is 2.60 bits per heavy atom. The molecule has 2 rings (SSSR count). The number of rotatable bonds is 3. The summed E-state index contributed by atoms with van der Waals surface area (Å²) in [5, 5.41) is 0.894. The maximum atomic E-state index is 12.4. The van der Waals surface area contributed by atoms with Gasteiger partial charge in [0.2, 0.25) is 0 Å². The topological polar surface area (TPSA) is 20.3 Å². The smallest absolute Gasteiger partial charge is 0.255 e. The van der Waals surface area contributed by atoms with Crippen LogP contribution >= 0.6 is 39.1 Å². The van der Waals surface area contributed by atoms with Gasteiger partial charge in [-0.25, -0.2) is 0 Å². The molecule has 1 amide bonds. The van der Waals surface area contributed by atoms with Crippen LogP contribution in [0.25, 0.3) is 0 Å². The molecule has 0 aliphatic heterocycles. The molecule has 0 N–H and O–H groups in total. The van der Waals surface area contributed by atoms with Crippen LogP contribution in [0.3, 0.4) is 0 Å². The SMILES string of the molecule is CN(Cc1ccccc1Br)C(=O)c1cc(Cl)ccc1Cl. The molecule has 0 saturated carbocycles. The third-order valence-corrected chi connectivity index (χ3v) is 4.21. The molecule has 0 fully saturated rings. The average Bonchev–Trinajstić information content (AvgIpc) is 2.43. The van der Waals surface area contributed by atoms with Crippen LogP contribution in [0.5, 0.6) is 0 Å². The molecule has 0 heterocycles. The summed E-state index contributed by atoms with van der Waals surface area (Å²) in [5.41, 5.74) is 1.44. The van der Waals surface area contributed by atoms with Gasteiger partial charge in [0, 0.05) is 23.1 Å². The number of nitrogens with zero attached hydrogens (tertiary/aromatic N) is 1. The van der Waals surface area contributed by atoms with Crippen LogP contribution in [0.15, 0.2) is 46.9 Å². The largest absolute Gasteiger partial charge is 0.337 e. The van der Waals surface area contributed by atoms with Gasteiger partial charge in [0.05, 0.1) is 10.6 Å². The van der Waals surface area contributed by atoms with Crippen LogP contribution in [0.2, 0.25) is 10.0 Å². The summed E-state index contributed by atoms with van der Waals surface area (Å²) in [4.78, 5) is 14.0. The lowest BCUT2D eigenvalue weighted by Crippen LogP contribution is -2.26. The van der Waals surface area contributed by atoms with E-state index in [1.165, 1.54) is 0 Å². The second-order valence-corrected chi connectivity index (χ2v) is 6.07. The van der Waals surface area contributed by atoms with Crippen molar-refractivity contribution in [2.45, 2.75) is 6.54 Å². The van der Waals surface area contributed by atoms with Gasteiger partial charge in [-0.05, 0) is 29.8 Å². The normalized spacial score (nSPS) is 10.4. The first-order valence-corrected chi connectivity index (χ1v) is 7.48. The maximum absolute atomic E-state index is 12.4. The fourth-order valence-electron chi connectivity index (χ4n) is 1.82. The minimum atomic E-state index is -0.159. The first kappa shape index (κ1) is 15.4. The minimum absolute atomic E-state index is 0.159. The van der Waals surface area contributed by atoms with Crippen molar-refractivity contribution in [2.75, 3.05) is 7.05 Å². The molecule has 0 bridgehead atoms. The monoisotopic (exact) mass is 371 g/mol. The van der Waals surface area contributed by atoms with Gasteiger partial charge in [-0.15, -0.1) is 0 Å². The number of carbonyl (C=O) groups is 1. The standard InChI is InChI=1S/C15H12BrCl2NO/c1-19(9-10-4-2-3-5-13(10)16)15(20)12-8-11(17)6-7-14(12)18/h2-8H,9H2,1H3. The highest BCUT2D eigenvalue weighted by atomic mass is 79.9. The van der Waals surface area contributed by atoms with Crippen LogP contribution in [-0.2, 0) is 6.54 Å². The molecule has 104 valence electrons. The van der Waals surface area contributed by atoms with Gasteiger partial charge >= 0.3 is 0 Å². The van der Waals surface area contributed by atoms with Crippen molar-refractivity contribution in [2.24, 2.45) is 0 Å². The first-order chi connectivity index (χ1) is 9.49. The Balaban J connectivity index is 2.21. The van der Waals surface area contributed by atoms with E-state index in [-0.39, 0.29) is 5.91 Å². The molecule has 0 aliphatic carbocycles. The molecule has 20 heavy (non-hydrogen) atoms. The van der Waals surface area contributed by atoms with Crippen LogP contribution in [0.1, 0.15) is 15.9 Å². The zero-order valence-electron chi connectivity index (χ0n) is 10.7. The molecule has 2 aromatic carbocycles. The van der Waals surface area contributed by atoms with Crippen LogP contribution in [-0.4, -0.2) is 17.9 Å². The fourth-order valence-corrected chi connectivity index (χ4v) is 2.60. The lowest BCUT2D eigenvalue weighted by molar-refractivity contribution is 0.0785. The molecule has 2 nitrogen and oxygen atoms in total. The van der Waals surface area contributed by atoms with Gasteiger partial charge in [-0.2, -0.15) is 0 Å². The van der Waals surface area contributed by atoms with Crippen LogP contribution in [0, 0.1) is 0 Å². The van der Waals surface area contributed by atoms with Crippen molar-refractivity contribution < 1.29 is 4.79 Å². The van der Waals surface area contributed by atoms with E-state index < -0.39 is 0 Å². The van der Waals surface area contributed by atoms with Crippen molar-refractivity contribution in [1.82, 2.24) is 4.90 Å². The van der Waals surface area contributed by atoms with Gasteiger partial charge in [-0.3, -0.25) is 4.79 Å². The average molecular weight is 373 g/mol. The summed E-state index contributed by atoms with van der Waals surface area (Å²) in [5.74, 6) is -0.159. The lowest BCUT2D eigenvalue weighted by Gasteiger charge is -2.19. The number of carbonyl (C=O) groups excluding carboxylic acids is 1. The van der Waals surface area contributed by atoms with Crippen molar-refractivity contribution in [3.05, 3.63) is 68.1 Å². The molecule has 0 radical (unpaired) electrons. The highest BCUT2D eigenvalue weighted by molar-refractivity contribution is 9.10. The van der Waals surface area contributed by atoms with Gasteiger partial charge in [0.15, 0.2) is 0 Å². The van der Waals surface area contributed by atoms with Gasteiger partial charge in [0.1, 0.15) is 0 Å². The number of hydrogen-bond acceptors (Lipinski definition) is 1. The Kier molecular flexibility index (Phi) is 5.08. The van der Waals surface area contributed by atoms with E-state index in [2.05, 4.69) is 15.9 Å². The summed E-state index contributed by atoms with van der Waals surface area (Å²) in [7, 11) is 1.74. The molecule has 5 heteroatoms.